The molecule has 206 valence electrons. The van der Waals surface area contributed by atoms with E-state index in [1.54, 1.807) is 0 Å². The van der Waals surface area contributed by atoms with Gasteiger partial charge in [-0.2, -0.15) is 0 Å². The maximum atomic E-state index is 2.44. The molecule has 5 aromatic carbocycles. The minimum absolute atomic E-state index is 0.119. The van der Waals surface area contributed by atoms with Crippen molar-refractivity contribution in [2.45, 2.75) is 75.5 Å². The van der Waals surface area contributed by atoms with Crippen LogP contribution in [0.4, 0.5) is 17.1 Å². The fraction of sp³-hybridized carbons (Fsp3) is 0.300. The van der Waals surface area contributed by atoms with Gasteiger partial charge in [0.2, 0.25) is 0 Å². The zero-order chi connectivity index (χ0) is 27.5. The average molecular weight is 536 g/mol. The maximum Gasteiger partial charge on any atom is 0.0468 e. The molecule has 2 aliphatic rings. The molecule has 0 spiro atoms. The summed E-state index contributed by atoms with van der Waals surface area (Å²) < 4.78 is 0. The molecule has 0 aliphatic heterocycles. The molecule has 2 aliphatic carbocycles. The highest BCUT2D eigenvalue weighted by Crippen LogP contribution is 2.46. The first-order chi connectivity index (χ1) is 20.3. The van der Waals surface area contributed by atoms with Gasteiger partial charge in [0.25, 0.3) is 0 Å². The molecule has 41 heavy (non-hydrogen) atoms. The molecular formula is C40H41N. The molecule has 2 fully saturated rings. The molecule has 1 heteroatoms. The van der Waals surface area contributed by atoms with E-state index in [4.69, 9.17) is 0 Å². The van der Waals surface area contributed by atoms with Crippen LogP contribution in [0.2, 0.25) is 0 Å². The molecule has 0 saturated heterocycles. The van der Waals surface area contributed by atoms with E-state index in [1.165, 1.54) is 109 Å². The molecule has 0 bridgehead atoms. The highest BCUT2D eigenvalue weighted by Gasteiger charge is 2.35. The molecule has 0 unspecified atom stereocenters. The van der Waals surface area contributed by atoms with E-state index >= 15 is 0 Å². The van der Waals surface area contributed by atoms with Gasteiger partial charge >= 0.3 is 0 Å². The van der Waals surface area contributed by atoms with Crippen molar-refractivity contribution >= 4 is 27.8 Å². The van der Waals surface area contributed by atoms with Crippen LogP contribution >= 0.6 is 0 Å². The highest BCUT2D eigenvalue weighted by atomic mass is 15.1. The summed E-state index contributed by atoms with van der Waals surface area (Å²) in [4.78, 5) is 2.44. The summed E-state index contributed by atoms with van der Waals surface area (Å²) in [5.74, 6) is 0.718. The van der Waals surface area contributed by atoms with Crippen LogP contribution in [0.3, 0.4) is 0 Å². The van der Waals surface area contributed by atoms with Crippen molar-refractivity contribution in [1.82, 2.24) is 0 Å². The topological polar surface area (TPSA) is 3.24 Å². The Morgan fingerprint density at radius 3 is 1.73 bits per heavy atom. The number of anilines is 3. The molecule has 0 radical (unpaired) electrons. The Bertz CT molecular complexity index is 1570. The maximum absolute atomic E-state index is 2.44. The number of rotatable bonds is 6. The largest absolute Gasteiger partial charge is 0.310 e. The molecule has 0 aromatic heterocycles. The van der Waals surface area contributed by atoms with Crippen molar-refractivity contribution in [2.75, 3.05) is 4.90 Å². The Labute approximate surface area is 245 Å². The normalized spacial score (nSPS) is 17.4. The summed E-state index contributed by atoms with van der Waals surface area (Å²) in [6, 6.07) is 45.8. The Morgan fingerprint density at radius 1 is 0.463 bits per heavy atom. The van der Waals surface area contributed by atoms with Gasteiger partial charge in [0.1, 0.15) is 0 Å². The minimum atomic E-state index is 0.119. The third-order valence-electron chi connectivity index (χ3n) is 9.93. The van der Waals surface area contributed by atoms with Crippen LogP contribution in [0.1, 0.15) is 86.8 Å². The van der Waals surface area contributed by atoms with Gasteiger partial charge in [0.05, 0.1) is 0 Å². The monoisotopic (exact) mass is 535 g/mol. The van der Waals surface area contributed by atoms with E-state index in [0.29, 0.717) is 0 Å². The van der Waals surface area contributed by atoms with Crippen molar-refractivity contribution in [3.63, 3.8) is 0 Å². The van der Waals surface area contributed by atoms with Crippen LogP contribution in [0.15, 0.2) is 121 Å². The van der Waals surface area contributed by atoms with Crippen molar-refractivity contribution in [3.05, 3.63) is 138 Å². The number of benzene rings is 5. The van der Waals surface area contributed by atoms with Crippen LogP contribution < -0.4 is 4.90 Å². The second-order valence-corrected chi connectivity index (χ2v) is 12.3. The smallest absolute Gasteiger partial charge is 0.0468 e. The lowest BCUT2D eigenvalue weighted by Crippen LogP contribution is -2.30. The van der Waals surface area contributed by atoms with Crippen LogP contribution in [0.5, 0.6) is 0 Å². The molecule has 0 atom stereocenters. The number of fused-ring (bicyclic) bond motifs is 1. The first-order valence-electron chi connectivity index (χ1n) is 15.9. The first kappa shape index (κ1) is 26.1. The zero-order valence-electron chi connectivity index (χ0n) is 24.1. The summed E-state index contributed by atoms with van der Waals surface area (Å²) in [5, 5.41) is 2.55. The molecule has 0 amide bonds. The lowest BCUT2D eigenvalue weighted by Gasteiger charge is -2.39. The Morgan fingerprint density at radius 2 is 1.02 bits per heavy atom. The first-order valence-corrected chi connectivity index (χ1v) is 15.9. The summed E-state index contributed by atoms with van der Waals surface area (Å²) in [7, 11) is 0. The zero-order valence-corrected chi connectivity index (χ0v) is 24.1. The highest BCUT2D eigenvalue weighted by molar-refractivity contribution is 5.89. The van der Waals surface area contributed by atoms with Crippen LogP contribution in [-0.4, -0.2) is 0 Å². The van der Waals surface area contributed by atoms with Crippen LogP contribution in [-0.2, 0) is 5.41 Å². The molecule has 7 rings (SSSR count). The average Bonchev–Trinajstić information content (AvgIpc) is 3.07. The minimum Gasteiger partial charge on any atom is -0.310 e. The van der Waals surface area contributed by atoms with Crippen molar-refractivity contribution < 1.29 is 0 Å². The van der Waals surface area contributed by atoms with E-state index < -0.39 is 0 Å². The third-order valence-corrected chi connectivity index (χ3v) is 9.93. The molecule has 5 aromatic rings. The van der Waals surface area contributed by atoms with Gasteiger partial charge in [-0.15, -0.1) is 0 Å². The van der Waals surface area contributed by atoms with Crippen molar-refractivity contribution in [1.29, 1.82) is 0 Å². The van der Waals surface area contributed by atoms with E-state index in [1.807, 2.05) is 0 Å². The van der Waals surface area contributed by atoms with Crippen molar-refractivity contribution in [2.24, 2.45) is 0 Å². The Hall–Kier alpha value is -3.84. The quantitative estimate of drug-likeness (QED) is 0.209. The summed E-state index contributed by atoms with van der Waals surface area (Å²) in [6.07, 6.45) is 13.2. The van der Waals surface area contributed by atoms with Gasteiger partial charge in [0.15, 0.2) is 0 Å². The standard InChI is InChI=1S/C40H41N/c1-4-12-31(13-5-1)33-18-23-37(24-19-33)41(39-25-20-32-14-8-9-15-34(32)30-39)38-26-21-36(22-27-38)40(28-10-3-11-29-40)35-16-6-2-7-17-35/h2,6-9,14-27,30-31H,1,3-5,10-13,28-29H2. The lowest BCUT2D eigenvalue weighted by molar-refractivity contribution is 0.346. The molecular weight excluding hydrogens is 494 g/mol. The van der Waals surface area contributed by atoms with E-state index in [9.17, 15) is 0 Å². The SMILES string of the molecule is c1ccc(C2(c3ccc(N(c4ccc(C5CCCCC5)cc4)c4ccc5ccccc5c4)cc3)CCCCC2)cc1. The summed E-state index contributed by atoms with van der Waals surface area (Å²) in [5.41, 5.74) is 8.20. The Kier molecular flexibility index (Phi) is 7.36. The molecule has 2 saturated carbocycles. The van der Waals surface area contributed by atoms with Gasteiger partial charge < -0.3 is 4.90 Å². The molecule has 1 nitrogen and oxygen atoms in total. The van der Waals surface area contributed by atoms with E-state index in [0.717, 1.165) is 5.92 Å². The van der Waals surface area contributed by atoms with Gasteiger partial charge in [-0.25, -0.2) is 0 Å². The summed E-state index contributed by atoms with van der Waals surface area (Å²) in [6.45, 7) is 0. The van der Waals surface area contributed by atoms with E-state index in [-0.39, 0.29) is 5.41 Å². The van der Waals surface area contributed by atoms with Crippen LogP contribution in [0.25, 0.3) is 10.8 Å². The van der Waals surface area contributed by atoms with E-state index in [2.05, 4.69) is 126 Å². The fourth-order valence-corrected chi connectivity index (χ4v) is 7.68. The van der Waals surface area contributed by atoms with Gasteiger partial charge in [0, 0.05) is 22.5 Å². The second kappa shape index (κ2) is 11.6. The third kappa shape index (κ3) is 5.19. The number of hydrogen-bond donors (Lipinski definition) is 0. The predicted molar refractivity (Wildman–Crippen MR) is 175 cm³/mol. The van der Waals surface area contributed by atoms with Gasteiger partial charge in [-0.1, -0.05) is 123 Å². The molecule has 0 N–H and O–H groups in total. The number of hydrogen-bond acceptors (Lipinski definition) is 1. The van der Waals surface area contributed by atoms with Crippen LogP contribution in [0, 0.1) is 0 Å². The summed E-state index contributed by atoms with van der Waals surface area (Å²) >= 11 is 0. The van der Waals surface area contributed by atoms with Gasteiger partial charge in [-0.05, 0) is 95.5 Å². The van der Waals surface area contributed by atoms with Gasteiger partial charge in [-0.3, -0.25) is 0 Å². The number of nitrogens with zero attached hydrogens (tertiary/aromatic N) is 1. The lowest BCUT2D eigenvalue weighted by atomic mass is 9.65. The predicted octanol–water partition coefficient (Wildman–Crippen LogP) is 11.6. The second-order valence-electron chi connectivity index (χ2n) is 12.3. The fourth-order valence-electron chi connectivity index (χ4n) is 7.68. The van der Waals surface area contributed by atoms with Crippen molar-refractivity contribution in [3.8, 4) is 0 Å². The Balaban J connectivity index is 1.28. The molecule has 0 heterocycles.